The SMILES string of the molecule is CC(C)(C)N(C(=O)O)c1cc([N+](=O)[O-])ccc1O. The molecule has 2 N–H and O–H groups in total. The molecule has 1 aromatic rings. The minimum Gasteiger partial charge on any atom is -0.506 e. The summed E-state index contributed by atoms with van der Waals surface area (Å²) in [5.74, 6) is -0.321. The van der Waals surface area contributed by atoms with Gasteiger partial charge in [0.15, 0.2) is 0 Å². The molecule has 7 nitrogen and oxygen atoms in total. The van der Waals surface area contributed by atoms with E-state index in [2.05, 4.69) is 0 Å². The third-order valence-electron chi connectivity index (χ3n) is 2.27. The van der Waals surface area contributed by atoms with E-state index >= 15 is 0 Å². The summed E-state index contributed by atoms with van der Waals surface area (Å²) in [5.41, 5.74) is -1.22. The minimum atomic E-state index is -1.29. The quantitative estimate of drug-likeness (QED) is 0.623. The number of hydrogen-bond donors (Lipinski definition) is 2. The Bertz CT molecular complexity index is 493. The van der Waals surface area contributed by atoms with Crippen molar-refractivity contribution >= 4 is 17.5 Å². The third kappa shape index (κ3) is 2.68. The maximum Gasteiger partial charge on any atom is 0.412 e. The number of nitro groups is 1. The molecule has 0 fully saturated rings. The van der Waals surface area contributed by atoms with Crippen molar-refractivity contribution in [2.45, 2.75) is 26.3 Å². The van der Waals surface area contributed by atoms with Crippen LogP contribution in [0, 0.1) is 10.1 Å². The van der Waals surface area contributed by atoms with Gasteiger partial charge in [-0.2, -0.15) is 0 Å². The molecule has 0 aliphatic rings. The molecular weight excluding hydrogens is 240 g/mol. The van der Waals surface area contributed by atoms with E-state index in [0.717, 1.165) is 23.1 Å². The number of benzene rings is 1. The summed E-state index contributed by atoms with van der Waals surface area (Å²) >= 11 is 0. The number of hydrogen-bond acceptors (Lipinski definition) is 4. The van der Waals surface area contributed by atoms with Gasteiger partial charge >= 0.3 is 6.09 Å². The second-order valence-electron chi connectivity index (χ2n) is 4.72. The molecule has 0 unspecified atom stereocenters. The molecule has 0 aromatic heterocycles. The Labute approximate surface area is 103 Å². The molecule has 0 spiro atoms. The van der Waals surface area contributed by atoms with Crippen LogP contribution >= 0.6 is 0 Å². The predicted octanol–water partition coefficient (Wildman–Crippen LogP) is 2.58. The molecule has 0 bridgehead atoms. The second-order valence-corrected chi connectivity index (χ2v) is 4.72. The summed E-state index contributed by atoms with van der Waals surface area (Å²) in [6.45, 7) is 4.87. The number of nitro benzene ring substituents is 1. The summed E-state index contributed by atoms with van der Waals surface area (Å²) in [5, 5.41) is 29.5. The van der Waals surface area contributed by atoms with Crippen molar-refractivity contribution in [2.75, 3.05) is 4.90 Å². The average Bonchev–Trinajstić information content (AvgIpc) is 2.18. The summed E-state index contributed by atoms with van der Waals surface area (Å²) in [7, 11) is 0. The van der Waals surface area contributed by atoms with E-state index in [-0.39, 0.29) is 17.1 Å². The van der Waals surface area contributed by atoms with Crippen LogP contribution in [0.15, 0.2) is 18.2 Å². The van der Waals surface area contributed by atoms with Crippen LogP contribution in [0.5, 0.6) is 5.75 Å². The molecule has 0 aliphatic heterocycles. The molecular formula is C11H14N2O5. The first-order chi connectivity index (χ1) is 8.14. The fraction of sp³-hybridized carbons (Fsp3) is 0.364. The number of non-ortho nitro benzene ring substituents is 1. The highest BCUT2D eigenvalue weighted by Crippen LogP contribution is 2.35. The van der Waals surface area contributed by atoms with Gasteiger partial charge in [0.1, 0.15) is 5.75 Å². The van der Waals surface area contributed by atoms with E-state index in [1.165, 1.54) is 0 Å². The molecule has 98 valence electrons. The Morgan fingerprint density at radius 2 is 1.94 bits per heavy atom. The molecule has 1 aromatic carbocycles. The number of anilines is 1. The van der Waals surface area contributed by atoms with E-state index < -0.39 is 16.6 Å². The van der Waals surface area contributed by atoms with Gasteiger partial charge in [-0.15, -0.1) is 0 Å². The topological polar surface area (TPSA) is 104 Å². The van der Waals surface area contributed by atoms with Crippen molar-refractivity contribution in [1.29, 1.82) is 0 Å². The molecule has 0 atom stereocenters. The first-order valence-corrected chi connectivity index (χ1v) is 5.15. The molecule has 18 heavy (non-hydrogen) atoms. The standard InChI is InChI=1S/C11H14N2O5/c1-11(2,3)12(10(15)16)8-6-7(13(17)18)4-5-9(8)14/h4-6,14H,1-3H3,(H,15,16). The van der Waals surface area contributed by atoms with Gasteiger partial charge in [-0.25, -0.2) is 4.79 Å². The van der Waals surface area contributed by atoms with Crippen LogP contribution < -0.4 is 4.90 Å². The smallest absolute Gasteiger partial charge is 0.412 e. The lowest BCUT2D eigenvalue weighted by Gasteiger charge is -2.33. The fourth-order valence-electron chi connectivity index (χ4n) is 1.56. The number of aromatic hydroxyl groups is 1. The van der Waals surface area contributed by atoms with Gasteiger partial charge in [0.05, 0.1) is 10.6 Å². The van der Waals surface area contributed by atoms with Crippen LogP contribution in [-0.2, 0) is 0 Å². The number of carboxylic acid groups (broad SMARTS) is 1. The Morgan fingerprint density at radius 3 is 2.33 bits per heavy atom. The molecule has 7 heteroatoms. The van der Waals surface area contributed by atoms with Gasteiger partial charge in [0.2, 0.25) is 0 Å². The van der Waals surface area contributed by atoms with Crippen LogP contribution in [0.3, 0.4) is 0 Å². The number of phenols is 1. The Hall–Kier alpha value is -2.31. The maximum atomic E-state index is 11.2. The summed E-state index contributed by atoms with van der Waals surface area (Å²) in [6.07, 6.45) is -1.29. The average molecular weight is 254 g/mol. The van der Waals surface area contributed by atoms with Gasteiger partial charge in [-0.1, -0.05) is 0 Å². The largest absolute Gasteiger partial charge is 0.506 e. The van der Waals surface area contributed by atoms with Crippen LogP contribution in [-0.4, -0.2) is 26.8 Å². The van der Waals surface area contributed by atoms with Gasteiger partial charge < -0.3 is 10.2 Å². The lowest BCUT2D eigenvalue weighted by Crippen LogP contribution is -2.45. The van der Waals surface area contributed by atoms with E-state index in [1.54, 1.807) is 20.8 Å². The zero-order chi connectivity index (χ0) is 14.1. The molecule has 0 heterocycles. The van der Waals surface area contributed by atoms with Crippen molar-refractivity contribution < 1.29 is 19.9 Å². The second kappa shape index (κ2) is 4.52. The highest BCUT2D eigenvalue weighted by Gasteiger charge is 2.31. The summed E-state index contributed by atoms with van der Waals surface area (Å²) < 4.78 is 0. The minimum absolute atomic E-state index is 0.107. The first-order valence-electron chi connectivity index (χ1n) is 5.15. The van der Waals surface area contributed by atoms with E-state index in [4.69, 9.17) is 5.11 Å². The monoisotopic (exact) mass is 254 g/mol. The van der Waals surface area contributed by atoms with E-state index in [9.17, 15) is 20.0 Å². The number of carbonyl (C=O) groups is 1. The van der Waals surface area contributed by atoms with Crippen LogP contribution in [0.25, 0.3) is 0 Å². The van der Waals surface area contributed by atoms with Crippen molar-refractivity contribution in [1.82, 2.24) is 0 Å². The van der Waals surface area contributed by atoms with Crippen molar-refractivity contribution in [3.8, 4) is 5.75 Å². The molecule has 0 radical (unpaired) electrons. The van der Waals surface area contributed by atoms with Crippen molar-refractivity contribution in [3.05, 3.63) is 28.3 Å². The molecule has 0 aliphatic carbocycles. The Morgan fingerprint density at radius 1 is 1.39 bits per heavy atom. The predicted molar refractivity (Wildman–Crippen MR) is 65.0 cm³/mol. The maximum absolute atomic E-state index is 11.2. The number of phenolic OH excluding ortho intramolecular Hbond substituents is 1. The Kier molecular flexibility index (Phi) is 3.45. The highest BCUT2D eigenvalue weighted by atomic mass is 16.6. The Balaban J connectivity index is 3.41. The zero-order valence-electron chi connectivity index (χ0n) is 10.2. The molecule has 1 rings (SSSR count). The van der Waals surface area contributed by atoms with Crippen LogP contribution in [0.1, 0.15) is 20.8 Å². The highest BCUT2D eigenvalue weighted by molar-refractivity contribution is 5.90. The van der Waals surface area contributed by atoms with Crippen molar-refractivity contribution in [3.63, 3.8) is 0 Å². The first kappa shape index (κ1) is 13.8. The van der Waals surface area contributed by atoms with E-state index in [1.807, 2.05) is 0 Å². The zero-order valence-corrected chi connectivity index (χ0v) is 10.2. The fourth-order valence-corrected chi connectivity index (χ4v) is 1.56. The number of nitrogens with zero attached hydrogens (tertiary/aromatic N) is 2. The van der Waals surface area contributed by atoms with Crippen LogP contribution in [0.2, 0.25) is 0 Å². The van der Waals surface area contributed by atoms with Crippen molar-refractivity contribution in [2.24, 2.45) is 0 Å². The molecule has 0 saturated heterocycles. The van der Waals surface area contributed by atoms with E-state index in [0.29, 0.717) is 0 Å². The summed E-state index contributed by atoms with van der Waals surface area (Å²) in [4.78, 5) is 22.1. The molecule has 1 amide bonds. The van der Waals surface area contributed by atoms with Gasteiger partial charge in [0.25, 0.3) is 5.69 Å². The third-order valence-corrected chi connectivity index (χ3v) is 2.27. The van der Waals surface area contributed by atoms with Gasteiger partial charge in [0, 0.05) is 17.7 Å². The summed E-state index contributed by atoms with van der Waals surface area (Å²) in [6, 6.07) is 3.26. The van der Waals surface area contributed by atoms with Crippen LogP contribution in [0.4, 0.5) is 16.2 Å². The normalized spacial score (nSPS) is 11.1. The lowest BCUT2D eigenvalue weighted by molar-refractivity contribution is -0.384. The van der Waals surface area contributed by atoms with Gasteiger partial charge in [-0.3, -0.25) is 15.0 Å². The molecule has 0 saturated carbocycles. The number of amides is 1. The lowest BCUT2D eigenvalue weighted by atomic mass is 10.0. The number of rotatable bonds is 2. The van der Waals surface area contributed by atoms with Gasteiger partial charge in [-0.05, 0) is 26.8 Å².